The number of nitrogens with two attached hydrogens (primary N) is 1. The molecule has 1 atom stereocenters. The summed E-state index contributed by atoms with van der Waals surface area (Å²) in [5.41, 5.74) is 6.69. The van der Waals surface area contributed by atoms with E-state index in [0.717, 1.165) is 0 Å². The highest BCUT2D eigenvalue weighted by molar-refractivity contribution is 7.92. The number of benzene rings is 2. The number of carbonyl (C=O) groups is 2. The Bertz CT molecular complexity index is 954. The maximum absolute atomic E-state index is 12.6. The molecule has 0 aliphatic heterocycles. The standard InChI is InChI=1S/C18H20N2O5S/c1-11-9-13(7-8-16(11)19)26(24,25)12(2)10-20-17(21)14-5-3-4-6-15(14)18(22)23/h3-9,12H,10,19H2,1-2H3,(H,20,21)(H,22,23). The summed E-state index contributed by atoms with van der Waals surface area (Å²) in [6.07, 6.45) is 0. The molecule has 26 heavy (non-hydrogen) atoms. The highest BCUT2D eigenvalue weighted by atomic mass is 32.2. The first kappa shape index (κ1) is 19.5. The fourth-order valence-corrected chi connectivity index (χ4v) is 3.73. The van der Waals surface area contributed by atoms with Crippen molar-refractivity contribution in [3.05, 3.63) is 59.2 Å². The molecule has 4 N–H and O–H groups in total. The molecule has 1 amide bonds. The first-order chi connectivity index (χ1) is 12.1. The van der Waals surface area contributed by atoms with Crippen molar-refractivity contribution >= 4 is 27.4 Å². The molecule has 0 radical (unpaired) electrons. The summed E-state index contributed by atoms with van der Waals surface area (Å²) in [5, 5.41) is 10.7. The maximum Gasteiger partial charge on any atom is 0.336 e. The minimum Gasteiger partial charge on any atom is -0.478 e. The Balaban J connectivity index is 2.15. The van der Waals surface area contributed by atoms with Crippen molar-refractivity contribution in [2.45, 2.75) is 24.0 Å². The van der Waals surface area contributed by atoms with Crippen LogP contribution in [0.3, 0.4) is 0 Å². The third-order valence-corrected chi connectivity index (χ3v) is 6.19. The zero-order valence-electron chi connectivity index (χ0n) is 14.4. The smallest absolute Gasteiger partial charge is 0.336 e. The topological polar surface area (TPSA) is 127 Å². The number of rotatable bonds is 6. The number of anilines is 1. The summed E-state index contributed by atoms with van der Waals surface area (Å²) in [6.45, 7) is 3.03. The summed E-state index contributed by atoms with van der Waals surface area (Å²) in [4.78, 5) is 23.6. The van der Waals surface area contributed by atoms with Crippen molar-refractivity contribution in [3.63, 3.8) is 0 Å². The quantitative estimate of drug-likeness (QED) is 0.661. The van der Waals surface area contributed by atoms with E-state index in [9.17, 15) is 18.0 Å². The molecule has 2 aromatic carbocycles. The van der Waals surface area contributed by atoms with E-state index >= 15 is 0 Å². The number of sulfone groups is 1. The van der Waals surface area contributed by atoms with E-state index in [4.69, 9.17) is 10.8 Å². The van der Waals surface area contributed by atoms with Crippen molar-refractivity contribution < 1.29 is 23.1 Å². The van der Waals surface area contributed by atoms with Crippen LogP contribution in [0.4, 0.5) is 5.69 Å². The Morgan fingerprint density at radius 2 is 1.77 bits per heavy atom. The van der Waals surface area contributed by atoms with Crippen LogP contribution >= 0.6 is 0 Å². The van der Waals surface area contributed by atoms with E-state index < -0.39 is 27.0 Å². The van der Waals surface area contributed by atoms with Crippen LogP contribution in [-0.4, -0.2) is 37.2 Å². The molecular weight excluding hydrogens is 356 g/mol. The van der Waals surface area contributed by atoms with Gasteiger partial charge in [-0.3, -0.25) is 4.79 Å². The van der Waals surface area contributed by atoms with Crippen LogP contribution in [0.2, 0.25) is 0 Å². The van der Waals surface area contributed by atoms with Crippen LogP contribution in [0.1, 0.15) is 33.2 Å². The second-order valence-electron chi connectivity index (χ2n) is 5.93. The summed E-state index contributed by atoms with van der Waals surface area (Å²) < 4.78 is 25.3. The molecule has 0 saturated carbocycles. The van der Waals surface area contributed by atoms with E-state index in [1.807, 2.05) is 0 Å². The molecular formula is C18H20N2O5S. The molecule has 2 aromatic rings. The van der Waals surface area contributed by atoms with Gasteiger partial charge in [0.15, 0.2) is 9.84 Å². The second kappa shape index (κ2) is 7.57. The lowest BCUT2D eigenvalue weighted by Gasteiger charge is -2.15. The number of carboxylic acids is 1. The van der Waals surface area contributed by atoms with E-state index in [2.05, 4.69) is 5.32 Å². The summed E-state index contributed by atoms with van der Waals surface area (Å²) in [7, 11) is -3.67. The lowest BCUT2D eigenvalue weighted by atomic mass is 10.1. The fraction of sp³-hybridized carbons (Fsp3) is 0.222. The molecule has 0 saturated heterocycles. The Kier molecular flexibility index (Phi) is 5.66. The van der Waals surface area contributed by atoms with Gasteiger partial charge in [-0.1, -0.05) is 12.1 Å². The van der Waals surface area contributed by atoms with Crippen molar-refractivity contribution in [2.24, 2.45) is 0 Å². The highest BCUT2D eigenvalue weighted by Gasteiger charge is 2.25. The van der Waals surface area contributed by atoms with Crippen molar-refractivity contribution in [2.75, 3.05) is 12.3 Å². The summed E-state index contributed by atoms with van der Waals surface area (Å²) >= 11 is 0. The number of hydrogen-bond donors (Lipinski definition) is 3. The molecule has 0 aliphatic carbocycles. The lowest BCUT2D eigenvalue weighted by molar-refractivity contribution is 0.0691. The minimum atomic E-state index is -3.67. The molecule has 7 nitrogen and oxygen atoms in total. The van der Waals surface area contributed by atoms with Gasteiger partial charge in [-0.05, 0) is 49.7 Å². The number of carbonyl (C=O) groups excluding carboxylic acids is 1. The molecule has 0 bridgehead atoms. The van der Waals surface area contributed by atoms with Crippen LogP contribution in [-0.2, 0) is 9.84 Å². The molecule has 0 aromatic heterocycles. The van der Waals surface area contributed by atoms with Crippen molar-refractivity contribution in [1.82, 2.24) is 5.32 Å². The van der Waals surface area contributed by atoms with Gasteiger partial charge >= 0.3 is 5.97 Å². The number of hydrogen-bond acceptors (Lipinski definition) is 5. The van der Waals surface area contributed by atoms with Crippen LogP contribution in [0.15, 0.2) is 47.4 Å². The van der Waals surface area contributed by atoms with Gasteiger partial charge in [0, 0.05) is 12.2 Å². The van der Waals surface area contributed by atoms with Crippen molar-refractivity contribution in [1.29, 1.82) is 0 Å². The van der Waals surface area contributed by atoms with Gasteiger partial charge in [0.05, 0.1) is 21.3 Å². The maximum atomic E-state index is 12.6. The summed E-state index contributed by atoms with van der Waals surface area (Å²) in [6, 6.07) is 10.2. The zero-order chi connectivity index (χ0) is 19.5. The Morgan fingerprint density at radius 3 is 2.35 bits per heavy atom. The fourth-order valence-electron chi connectivity index (χ4n) is 2.37. The number of aromatic carboxylic acids is 1. The number of aryl methyl sites for hydroxylation is 1. The third-order valence-electron chi connectivity index (χ3n) is 4.05. The normalized spacial score (nSPS) is 12.4. The van der Waals surface area contributed by atoms with E-state index in [-0.39, 0.29) is 22.6 Å². The van der Waals surface area contributed by atoms with Gasteiger partial charge in [0.2, 0.25) is 0 Å². The first-order valence-electron chi connectivity index (χ1n) is 7.85. The van der Waals surface area contributed by atoms with E-state index in [0.29, 0.717) is 11.3 Å². The summed E-state index contributed by atoms with van der Waals surface area (Å²) in [5.74, 6) is -1.87. The van der Waals surface area contributed by atoms with Gasteiger partial charge in [-0.25, -0.2) is 13.2 Å². The van der Waals surface area contributed by atoms with Gasteiger partial charge in [0.1, 0.15) is 0 Å². The molecule has 138 valence electrons. The lowest BCUT2D eigenvalue weighted by Crippen LogP contribution is -2.35. The molecule has 0 fully saturated rings. The van der Waals surface area contributed by atoms with Gasteiger partial charge in [-0.2, -0.15) is 0 Å². The zero-order valence-corrected chi connectivity index (χ0v) is 15.2. The number of nitrogens with one attached hydrogen (secondary N) is 1. The Morgan fingerprint density at radius 1 is 1.15 bits per heavy atom. The van der Waals surface area contributed by atoms with Gasteiger partial charge in [-0.15, -0.1) is 0 Å². The van der Waals surface area contributed by atoms with E-state index in [1.54, 1.807) is 13.0 Å². The van der Waals surface area contributed by atoms with Gasteiger partial charge < -0.3 is 16.2 Å². The predicted octanol–water partition coefficient (Wildman–Crippen LogP) is 1.87. The number of amides is 1. The second-order valence-corrected chi connectivity index (χ2v) is 8.30. The van der Waals surface area contributed by atoms with Crippen LogP contribution in [0.5, 0.6) is 0 Å². The number of nitrogen functional groups attached to an aromatic ring is 1. The molecule has 2 rings (SSSR count). The van der Waals surface area contributed by atoms with Crippen molar-refractivity contribution in [3.8, 4) is 0 Å². The minimum absolute atomic E-state index is 0.0204. The van der Waals surface area contributed by atoms with Crippen LogP contribution in [0, 0.1) is 6.92 Å². The first-order valence-corrected chi connectivity index (χ1v) is 9.39. The van der Waals surface area contributed by atoms with Crippen LogP contribution in [0.25, 0.3) is 0 Å². The van der Waals surface area contributed by atoms with Crippen LogP contribution < -0.4 is 11.1 Å². The molecule has 1 unspecified atom stereocenters. The highest BCUT2D eigenvalue weighted by Crippen LogP contribution is 2.20. The number of carboxylic acid groups (broad SMARTS) is 1. The molecule has 0 heterocycles. The Labute approximate surface area is 151 Å². The third kappa shape index (κ3) is 4.02. The monoisotopic (exact) mass is 376 g/mol. The molecule has 8 heteroatoms. The molecule has 0 spiro atoms. The predicted molar refractivity (Wildman–Crippen MR) is 98.0 cm³/mol. The molecule has 0 aliphatic rings. The largest absolute Gasteiger partial charge is 0.478 e. The average molecular weight is 376 g/mol. The average Bonchev–Trinajstić information content (AvgIpc) is 2.61. The van der Waals surface area contributed by atoms with E-state index in [1.165, 1.54) is 43.3 Å². The van der Waals surface area contributed by atoms with Gasteiger partial charge in [0.25, 0.3) is 5.91 Å². The SMILES string of the molecule is Cc1cc(S(=O)(=O)C(C)CNC(=O)c2ccccc2C(=O)O)ccc1N. The Hall–Kier alpha value is -2.87.